The third kappa shape index (κ3) is 9.35. The Balaban J connectivity index is 2.86. The van der Waals surface area contributed by atoms with Crippen LogP contribution in [0.4, 0.5) is 0 Å². The van der Waals surface area contributed by atoms with Crippen LogP contribution in [0.25, 0.3) is 0 Å². The molecule has 0 radical (unpaired) electrons. The highest BCUT2D eigenvalue weighted by atomic mass is 16.5. The molecule has 0 aromatic heterocycles. The largest absolute Gasteiger partial charge is 0.394 e. The van der Waals surface area contributed by atoms with Crippen molar-refractivity contribution in [1.82, 2.24) is 0 Å². The van der Waals surface area contributed by atoms with Gasteiger partial charge in [0.15, 0.2) is 0 Å². The molecule has 0 heterocycles. The summed E-state index contributed by atoms with van der Waals surface area (Å²) in [7, 11) is 0. The number of nitrogens with two attached hydrogens (primary N) is 1. The number of hydrogen-bond donors (Lipinski definition) is 2. The van der Waals surface area contributed by atoms with Crippen LogP contribution < -0.4 is 5.73 Å². The zero-order valence-electron chi connectivity index (χ0n) is 6.99. The second-order valence-corrected chi connectivity index (χ2v) is 2.21. The molecule has 12 heavy (non-hydrogen) atoms. The summed E-state index contributed by atoms with van der Waals surface area (Å²) in [5, 5.41) is 8.32. The zero-order chi connectivity index (χ0) is 9.23. The molecule has 0 saturated carbocycles. The number of hydrogen-bond acceptors (Lipinski definition) is 4. The summed E-state index contributed by atoms with van der Waals surface area (Å²) >= 11 is 0. The fraction of sp³-hybridized carbons (Fsp3) is 0.857. The summed E-state index contributed by atoms with van der Waals surface area (Å²) in [6, 6.07) is 0. The first-order valence-electron chi connectivity index (χ1n) is 3.82. The highest BCUT2D eigenvalue weighted by Gasteiger charge is 1.93. The summed E-state index contributed by atoms with van der Waals surface area (Å²) in [5.74, 6) is -0.466. The van der Waals surface area contributed by atoms with E-state index in [0.717, 1.165) is 0 Å². The van der Waals surface area contributed by atoms with Gasteiger partial charge in [0.25, 0.3) is 0 Å². The number of ether oxygens (including phenoxy) is 2. The number of carbonyl (C=O) groups excluding carboxylic acids is 1. The molecule has 5 heteroatoms. The molecule has 0 aromatic carbocycles. The van der Waals surface area contributed by atoms with Gasteiger partial charge in [0.1, 0.15) is 6.61 Å². The van der Waals surface area contributed by atoms with Crippen molar-refractivity contribution in [2.24, 2.45) is 5.73 Å². The second kappa shape index (κ2) is 8.45. The van der Waals surface area contributed by atoms with Crippen LogP contribution in [0.5, 0.6) is 0 Å². The highest BCUT2D eigenvalue weighted by molar-refractivity contribution is 5.74. The van der Waals surface area contributed by atoms with E-state index >= 15 is 0 Å². The molecule has 0 aliphatic rings. The van der Waals surface area contributed by atoms with Gasteiger partial charge in [-0.15, -0.1) is 0 Å². The summed E-state index contributed by atoms with van der Waals surface area (Å²) in [4.78, 5) is 10.2. The Hall–Kier alpha value is -0.650. The standard InChI is InChI=1S/C7H15NO4/c8-7(10)6-12-4-1-3-11-5-2-9/h9H,1-6H2,(H2,8,10). The molecule has 0 spiro atoms. The molecule has 0 fully saturated rings. The summed E-state index contributed by atoms with van der Waals surface area (Å²) < 4.78 is 9.80. The first-order valence-corrected chi connectivity index (χ1v) is 3.82. The molecule has 1 amide bonds. The van der Waals surface area contributed by atoms with E-state index in [1.54, 1.807) is 0 Å². The number of primary amides is 1. The van der Waals surface area contributed by atoms with Gasteiger partial charge in [0, 0.05) is 13.2 Å². The first kappa shape index (κ1) is 11.4. The number of rotatable bonds is 8. The van der Waals surface area contributed by atoms with Gasteiger partial charge in [0.05, 0.1) is 13.2 Å². The number of carbonyl (C=O) groups is 1. The van der Waals surface area contributed by atoms with Crippen molar-refractivity contribution in [1.29, 1.82) is 0 Å². The fourth-order valence-electron chi connectivity index (χ4n) is 0.602. The van der Waals surface area contributed by atoms with Crippen LogP contribution in [0, 0.1) is 0 Å². The maximum absolute atomic E-state index is 10.2. The maximum Gasteiger partial charge on any atom is 0.243 e. The summed E-state index contributed by atoms with van der Waals surface area (Å²) in [5.41, 5.74) is 4.83. The van der Waals surface area contributed by atoms with E-state index in [0.29, 0.717) is 26.2 Å². The number of aliphatic hydroxyl groups excluding tert-OH is 1. The van der Waals surface area contributed by atoms with Crippen LogP contribution in [0.3, 0.4) is 0 Å². The van der Waals surface area contributed by atoms with Gasteiger partial charge in [-0.1, -0.05) is 0 Å². The molecule has 72 valence electrons. The predicted octanol–water partition coefficient (Wildman–Crippen LogP) is -1.11. The third-order valence-electron chi connectivity index (χ3n) is 1.06. The van der Waals surface area contributed by atoms with Crippen molar-refractivity contribution in [3.63, 3.8) is 0 Å². The Labute approximate surface area is 71.5 Å². The van der Waals surface area contributed by atoms with Crippen molar-refractivity contribution < 1.29 is 19.4 Å². The highest BCUT2D eigenvalue weighted by Crippen LogP contribution is 1.84. The van der Waals surface area contributed by atoms with E-state index in [9.17, 15) is 4.79 Å². The summed E-state index contributed by atoms with van der Waals surface area (Å²) in [6.45, 7) is 1.31. The Bertz CT molecular complexity index is 118. The van der Waals surface area contributed by atoms with Gasteiger partial charge in [-0.3, -0.25) is 4.79 Å². The quantitative estimate of drug-likeness (QED) is 0.460. The maximum atomic E-state index is 10.2. The average Bonchev–Trinajstić information content (AvgIpc) is 2.02. The molecule has 0 bridgehead atoms. The number of amides is 1. The minimum Gasteiger partial charge on any atom is -0.394 e. The van der Waals surface area contributed by atoms with E-state index in [4.69, 9.17) is 20.3 Å². The minimum absolute atomic E-state index is 0.0299. The molecule has 0 aliphatic carbocycles. The van der Waals surface area contributed by atoms with Gasteiger partial charge in [-0.25, -0.2) is 0 Å². The number of aliphatic hydroxyl groups is 1. The van der Waals surface area contributed by atoms with Crippen molar-refractivity contribution in [3.05, 3.63) is 0 Å². The normalized spacial score (nSPS) is 10.1. The average molecular weight is 177 g/mol. The predicted molar refractivity (Wildman–Crippen MR) is 42.5 cm³/mol. The molecule has 0 aliphatic heterocycles. The van der Waals surface area contributed by atoms with E-state index in [1.165, 1.54) is 0 Å². The molecule has 0 atom stereocenters. The van der Waals surface area contributed by atoms with Crippen molar-refractivity contribution in [2.45, 2.75) is 6.42 Å². The smallest absolute Gasteiger partial charge is 0.243 e. The van der Waals surface area contributed by atoms with Crippen LogP contribution in [-0.2, 0) is 14.3 Å². The SMILES string of the molecule is NC(=O)COCCCOCCO. The van der Waals surface area contributed by atoms with Crippen LogP contribution in [0.1, 0.15) is 6.42 Å². The van der Waals surface area contributed by atoms with Crippen LogP contribution >= 0.6 is 0 Å². The molecule has 3 N–H and O–H groups in total. The Morgan fingerprint density at radius 2 is 1.92 bits per heavy atom. The Morgan fingerprint density at radius 1 is 1.25 bits per heavy atom. The minimum atomic E-state index is -0.466. The zero-order valence-corrected chi connectivity index (χ0v) is 6.99. The second-order valence-electron chi connectivity index (χ2n) is 2.21. The summed E-state index contributed by atoms with van der Waals surface area (Å²) in [6.07, 6.45) is 0.702. The van der Waals surface area contributed by atoms with Crippen molar-refractivity contribution in [2.75, 3.05) is 33.0 Å². The fourth-order valence-corrected chi connectivity index (χ4v) is 0.602. The molecular weight excluding hydrogens is 162 g/mol. The Kier molecular flexibility index (Phi) is 7.99. The van der Waals surface area contributed by atoms with Crippen molar-refractivity contribution >= 4 is 5.91 Å². The van der Waals surface area contributed by atoms with E-state index in [2.05, 4.69) is 0 Å². The van der Waals surface area contributed by atoms with Crippen LogP contribution in [0.15, 0.2) is 0 Å². The first-order chi connectivity index (χ1) is 5.77. The van der Waals surface area contributed by atoms with E-state index in [1.807, 2.05) is 0 Å². The van der Waals surface area contributed by atoms with Crippen molar-refractivity contribution in [3.8, 4) is 0 Å². The van der Waals surface area contributed by atoms with Gasteiger partial charge in [-0.2, -0.15) is 0 Å². The lowest BCUT2D eigenvalue weighted by Crippen LogP contribution is -2.18. The monoisotopic (exact) mass is 177 g/mol. The molecule has 5 nitrogen and oxygen atoms in total. The Morgan fingerprint density at radius 3 is 2.50 bits per heavy atom. The van der Waals surface area contributed by atoms with Crippen LogP contribution in [-0.4, -0.2) is 44.0 Å². The third-order valence-corrected chi connectivity index (χ3v) is 1.06. The van der Waals surface area contributed by atoms with Gasteiger partial charge >= 0.3 is 0 Å². The topological polar surface area (TPSA) is 81.8 Å². The van der Waals surface area contributed by atoms with Gasteiger partial charge in [-0.05, 0) is 6.42 Å². The lowest BCUT2D eigenvalue weighted by molar-refractivity contribution is -0.122. The van der Waals surface area contributed by atoms with E-state index in [-0.39, 0.29) is 13.2 Å². The molecule has 0 rings (SSSR count). The molecule has 0 saturated heterocycles. The van der Waals surface area contributed by atoms with E-state index < -0.39 is 5.91 Å². The van der Waals surface area contributed by atoms with Gasteiger partial charge in [0.2, 0.25) is 5.91 Å². The van der Waals surface area contributed by atoms with Crippen LogP contribution in [0.2, 0.25) is 0 Å². The molecule has 0 aromatic rings. The molecular formula is C7H15NO4. The van der Waals surface area contributed by atoms with Gasteiger partial charge < -0.3 is 20.3 Å². The lowest BCUT2D eigenvalue weighted by atomic mass is 10.5. The molecule has 0 unspecified atom stereocenters. The lowest BCUT2D eigenvalue weighted by Gasteiger charge is -2.02.